The van der Waals surface area contributed by atoms with Gasteiger partial charge in [0.25, 0.3) is 5.56 Å². The lowest BCUT2D eigenvalue weighted by Gasteiger charge is -2.13. The summed E-state index contributed by atoms with van der Waals surface area (Å²) >= 11 is 12.9. The predicted octanol–water partition coefficient (Wildman–Crippen LogP) is 3.69. The molecule has 0 fully saturated rings. The number of nitrogens with one attached hydrogen (secondary N) is 1. The summed E-state index contributed by atoms with van der Waals surface area (Å²) in [6.07, 6.45) is 0. The van der Waals surface area contributed by atoms with Gasteiger partial charge in [-0.05, 0) is 36.4 Å². The number of benzene rings is 2. The quantitative estimate of drug-likeness (QED) is 0.402. The number of amides is 1. The SMILES string of the molecule is Cn1c(O)c(C(=Nc2ccc(F)cc2)SCC(=O)Nc2cccc(Cl)c2Cl)c(=O)n(C)c1=O. The molecule has 2 N–H and O–H groups in total. The highest BCUT2D eigenvalue weighted by molar-refractivity contribution is 8.15. The molecule has 0 bridgehead atoms. The molecule has 0 spiro atoms. The van der Waals surface area contributed by atoms with Gasteiger partial charge >= 0.3 is 5.69 Å². The number of rotatable bonds is 5. The highest BCUT2D eigenvalue weighted by atomic mass is 35.5. The molecule has 1 amide bonds. The summed E-state index contributed by atoms with van der Waals surface area (Å²) in [6.45, 7) is 0. The normalized spacial score (nSPS) is 11.5. The van der Waals surface area contributed by atoms with Gasteiger partial charge in [0.15, 0.2) is 0 Å². The first-order valence-electron chi connectivity index (χ1n) is 9.30. The fourth-order valence-corrected chi connectivity index (χ4v) is 3.92. The number of hydrogen-bond acceptors (Lipinski definition) is 6. The van der Waals surface area contributed by atoms with Crippen molar-refractivity contribution >= 4 is 57.3 Å². The van der Waals surface area contributed by atoms with Gasteiger partial charge in [-0.1, -0.05) is 41.0 Å². The summed E-state index contributed by atoms with van der Waals surface area (Å²) in [5.74, 6) is -1.82. The number of halogens is 3. The Morgan fingerprint density at radius 1 is 1.12 bits per heavy atom. The maximum atomic E-state index is 13.3. The third-order valence-corrected chi connectivity index (χ3v) is 6.26. The molecule has 0 atom stereocenters. The van der Waals surface area contributed by atoms with E-state index >= 15 is 0 Å². The van der Waals surface area contributed by atoms with Gasteiger partial charge in [-0.25, -0.2) is 14.2 Å². The van der Waals surface area contributed by atoms with Crippen molar-refractivity contribution in [1.82, 2.24) is 9.13 Å². The minimum Gasteiger partial charge on any atom is -0.494 e. The Kier molecular flexibility index (Phi) is 7.62. The van der Waals surface area contributed by atoms with Gasteiger partial charge in [-0.15, -0.1) is 0 Å². The zero-order valence-electron chi connectivity index (χ0n) is 17.3. The Hall–Kier alpha value is -3.08. The predicted molar refractivity (Wildman–Crippen MR) is 129 cm³/mol. The molecule has 0 saturated carbocycles. The van der Waals surface area contributed by atoms with E-state index in [9.17, 15) is 23.9 Å². The van der Waals surface area contributed by atoms with Crippen LogP contribution in [-0.4, -0.2) is 30.9 Å². The lowest BCUT2D eigenvalue weighted by molar-refractivity contribution is -0.113. The number of aromatic hydroxyl groups is 1. The van der Waals surface area contributed by atoms with Crippen molar-refractivity contribution in [3.05, 3.63) is 84.7 Å². The number of carbonyl (C=O) groups is 1. The molecule has 0 unspecified atom stereocenters. The molecule has 0 aliphatic carbocycles. The Bertz CT molecular complexity index is 1370. The van der Waals surface area contributed by atoms with Gasteiger partial charge in [0.05, 0.1) is 27.2 Å². The van der Waals surface area contributed by atoms with E-state index in [1.165, 1.54) is 38.4 Å². The zero-order chi connectivity index (χ0) is 24.3. The monoisotopic (exact) mass is 510 g/mol. The van der Waals surface area contributed by atoms with Gasteiger partial charge in [0.1, 0.15) is 16.4 Å². The lowest BCUT2D eigenvalue weighted by Crippen LogP contribution is -2.39. The van der Waals surface area contributed by atoms with E-state index in [1.54, 1.807) is 18.2 Å². The molecular formula is C21H17Cl2FN4O4S. The van der Waals surface area contributed by atoms with Crippen LogP contribution in [0, 0.1) is 5.82 Å². The average molecular weight is 511 g/mol. The van der Waals surface area contributed by atoms with Gasteiger partial charge in [-0.3, -0.25) is 18.7 Å². The standard InChI is InChI=1S/C21H17Cl2FN4O4S/c1-27-19(30)16(20(31)28(2)21(27)32)18(25-12-8-6-11(24)7-9-12)33-10-15(29)26-14-5-3-4-13(22)17(14)23/h3-9,30H,10H2,1-2H3,(H,26,29). The maximum Gasteiger partial charge on any atom is 0.333 e. The number of nitrogens with zero attached hydrogens (tertiary/aromatic N) is 3. The molecule has 33 heavy (non-hydrogen) atoms. The molecule has 0 aliphatic heterocycles. The molecule has 1 aromatic heterocycles. The largest absolute Gasteiger partial charge is 0.494 e. The van der Waals surface area contributed by atoms with Crippen LogP contribution in [0.5, 0.6) is 5.88 Å². The zero-order valence-corrected chi connectivity index (χ0v) is 19.6. The second-order valence-corrected chi connectivity index (χ2v) is 8.49. The van der Waals surface area contributed by atoms with Crippen LogP contribution in [0.4, 0.5) is 15.8 Å². The third-order valence-electron chi connectivity index (χ3n) is 4.47. The number of thioether (sulfide) groups is 1. The van der Waals surface area contributed by atoms with Crippen LogP contribution < -0.4 is 16.6 Å². The maximum absolute atomic E-state index is 13.3. The number of hydrogen-bond donors (Lipinski definition) is 2. The van der Waals surface area contributed by atoms with Crippen molar-refractivity contribution in [2.45, 2.75) is 0 Å². The molecule has 3 rings (SSSR count). The molecule has 0 aliphatic rings. The summed E-state index contributed by atoms with van der Waals surface area (Å²) in [6, 6.07) is 9.83. The van der Waals surface area contributed by atoms with Crippen LogP contribution in [0.1, 0.15) is 5.56 Å². The van der Waals surface area contributed by atoms with Crippen molar-refractivity contribution in [3.8, 4) is 5.88 Å². The van der Waals surface area contributed by atoms with E-state index in [4.69, 9.17) is 23.2 Å². The van der Waals surface area contributed by atoms with Crippen LogP contribution in [0.15, 0.2) is 57.0 Å². The van der Waals surface area contributed by atoms with Crippen molar-refractivity contribution in [2.75, 3.05) is 11.1 Å². The molecule has 8 nitrogen and oxygen atoms in total. The first kappa shape index (κ1) is 24.6. The van der Waals surface area contributed by atoms with Gasteiger partial charge in [0, 0.05) is 14.1 Å². The fraction of sp³-hybridized carbons (Fsp3) is 0.143. The summed E-state index contributed by atoms with van der Waals surface area (Å²) in [7, 11) is 2.54. The van der Waals surface area contributed by atoms with Crippen molar-refractivity contribution < 1.29 is 14.3 Å². The number of carbonyl (C=O) groups excluding carboxylic acids is 1. The molecule has 12 heteroatoms. The average Bonchev–Trinajstić information content (AvgIpc) is 2.79. The number of aromatic nitrogens is 2. The first-order valence-corrected chi connectivity index (χ1v) is 11.0. The van der Waals surface area contributed by atoms with Crippen molar-refractivity contribution in [3.63, 3.8) is 0 Å². The lowest BCUT2D eigenvalue weighted by atomic mass is 10.3. The van der Waals surface area contributed by atoms with Crippen LogP contribution in [0.3, 0.4) is 0 Å². The molecule has 3 aromatic rings. The number of anilines is 1. The molecule has 172 valence electrons. The van der Waals surface area contributed by atoms with Crippen molar-refractivity contribution in [2.24, 2.45) is 19.1 Å². The van der Waals surface area contributed by atoms with Gasteiger partial charge < -0.3 is 10.4 Å². The summed E-state index contributed by atoms with van der Waals surface area (Å²) in [5.41, 5.74) is -1.24. The van der Waals surface area contributed by atoms with Gasteiger partial charge in [-0.2, -0.15) is 0 Å². The number of aliphatic imine (C=N–C) groups is 1. The Morgan fingerprint density at radius 3 is 2.45 bits per heavy atom. The second-order valence-electron chi connectivity index (χ2n) is 6.74. The van der Waals surface area contributed by atoms with Crippen LogP contribution in [0.25, 0.3) is 0 Å². The van der Waals surface area contributed by atoms with E-state index in [0.717, 1.165) is 20.9 Å². The minimum atomic E-state index is -0.803. The first-order chi connectivity index (χ1) is 15.6. The second kappa shape index (κ2) is 10.2. The molecule has 0 saturated heterocycles. The van der Waals surface area contributed by atoms with E-state index in [-0.39, 0.29) is 32.1 Å². The highest BCUT2D eigenvalue weighted by Gasteiger charge is 2.22. The highest BCUT2D eigenvalue weighted by Crippen LogP contribution is 2.30. The Balaban J connectivity index is 1.98. The summed E-state index contributed by atoms with van der Waals surface area (Å²) < 4.78 is 15.0. The van der Waals surface area contributed by atoms with Crippen LogP contribution in [0.2, 0.25) is 10.0 Å². The van der Waals surface area contributed by atoms with Gasteiger partial charge in [0.2, 0.25) is 11.8 Å². The smallest absolute Gasteiger partial charge is 0.333 e. The third kappa shape index (κ3) is 5.47. The minimum absolute atomic E-state index is 0.0392. The molecule has 1 heterocycles. The summed E-state index contributed by atoms with van der Waals surface area (Å²) in [5, 5.41) is 13.5. The van der Waals surface area contributed by atoms with E-state index in [0.29, 0.717) is 5.69 Å². The molecular weight excluding hydrogens is 494 g/mol. The van der Waals surface area contributed by atoms with Crippen LogP contribution >= 0.6 is 35.0 Å². The molecule has 0 radical (unpaired) electrons. The summed E-state index contributed by atoms with van der Waals surface area (Å²) in [4.78, 5) is 41.7. The van der Waals surface area contributed by atoms with Crippen LogP contribution in [-0.2, 0) is 18.9 Å². The Morgan fingerprint density at radius 2 is 1.79 bits per heavy atom. The van der Waals surface area contributed by atoms with E-state index in [2.05, 4.69) is 10.3 Å². The van der Waals surface area contributed by atoms with E-state index in [1.807, 2.05) is 0 Å². The van der Waals surface area contributed by atoms with Crippen molar-refractivity contribution in [1.29, 1.82) is 0 Å². The van der Waals surface area contributed by atoms with E-state index < -0.39 is 28.9 Å². The molecule has 2 aromatic carbocycles. The fourth-order valence-electron chi connectivity index (χ4n) is 2.73. The Labute approximate surface area is 201 Å². The topological polar surface area (TPSA) is 106 Å².